The van der Waals surface area contributed by atoms with Crippen LogP contribution in [0.4, 0.5) is 11.9 Å². The molecule has 4 aromatic rings. The Morgan fingerprint density at radius 3 is 2.52 bits per heavy atom. The van der Waals surface area contributed by atoms with Crippen molar-refractivity contribution in [2.24, 2.45) is 0 Å². The third-order valence-corrected chi connectivity index (χ3v) is 5.47. The molecule has 0 saturated carbocycles. The highest BCUT2D eigenvalue weighted by Crippen LogP contribution is 2.20. The number of fused-ring (bicyclic) bond motifs is 1. The second-order valence-electron chi connectivity index (χ2n) is 6.90. The van der Waals surface area contributed by atoms with Gasteiger partial charge in [0.05, 0.1) is 6.26 Å². The van der Waals surface area contributed by atoms with Crippen LogP contribution in [0.5, 0.6) is 0 Å². The fraction of sp³-hybridized carbons (Fsp3) is 0.263. The number of halogens is 1. The fourth-order valence-electron chi connectivity index (χ4n) is 3.40. The van der Waals surface area contributed by atoms with E-state index < -0.39 is 0 Å². The van der Waals surface area contributed by atoms with Crippen molar-refractivity contribution in [2.75, 3.05) is 36.8 Å². The average molecular weight is 455 g/mol. The summed E-state index contributed by atoms with van der Waals surface area (Å²) < 4.78 is 7.89. The second kappa shape index (κ2) is 7.45. The van der Waals surface area contributed by atoms with Gasteiger partial charge in [-0.3, -0.25) is 4.90 Å². The van der Waals surface area contributed by atoms with E-state index >= 15 is 0 Å². The number of furan rings is 1. The third kappa shape index (κ3) is 3.68. The fourth-order valence-corrected chi connectivity index (χ4v) is 3.66. The van der Waals surface area contributed by atoms with E-state index in [2.05, 4.69) is 70.0 Å². The van der Waals surface area contributed by atoms with Crippen LogP contribution < -0.4 is 10.6 Å². The number of anilines is 2. The number of benzene rings is 1. The molecule has 29 heavy (non-hydrogen) atoms. The summed E-state index contributed by atoms with van der Waals surface area (Å²) in [5.74, 6) is 2.26. The quantitative estimate of drug-likeness (QED) is 0.501. The van der Waals surface area contributed by atoms with Crippen molar-refractivity contribution in [1.29, 1.82) is 0 Å². The van der Waals surface area contributed by atoms with Gasteiger partial charge >= 0.3 is 0 Å². The highest BCUT2D eigenvalue weighted by Gasteiger charge is 2.21. The Hall–Kier alpha value is -2.98. The lowest BCUT2D eigenvalue weighted by atomic mass is 10.2. The summed E-state index contributed by atoms with van der Waals surface area (Å²) in [5.41, 5.74) is 7.41. The van der Waals surface area contributed by atoms with Crippen molar-refractivity contribution in [3.05, 3.63) is 52.7 Å². The molecular weight excluding hydrogens is 436 g/mol. The first kappa shape index (κ1) is 18.1. The van der Waals surface area contributed by atoms with Crippen molar-refractivity contribution >= 4 is 33.6 Å². The number of hydrogen-bond acceptors (Lipinski definition) is 8. The van der Waals surface area contributed by atoms with Crippen LogP contribution in [-0.4, -0.2) is 55.6 Å². The Labute approximate surface area is 175 Å². The molecule has 1 saturated heterocycles. The molecule has 0 unspecified atom stereocenters. The molecule has 4 heterocycles. The van der Waals surface area contributed by atoms with Gasteiger partial charge in [0.1, 0.15) is 0 Å². The normalized spacial score (nSPS) is 15.3. The van der Waals surface area contributed by atoms with Gasteiger partial charge < -0.3 is 15.1 Å². The molecule has 2 N–H and O–H groups in total. The summed E-state index contributed by atoms with van der Waals surface area (Å²) in [5, 5.41) is 4.34. The van der Waals surface area contributed by atoms with Gasteiger partial charge in [0.2, 0.25) is 17.7 Å². The minimum atomic E-state index is 0.257. The lowest BCUT2D eigenvalue weighted by Gasteiger charge is -2.34. The summed E-state index contributed by atoms with van der Waals surface area (Å²) in [7, 11) is 0. The molecule has 1 aromatic carbocycles. The van der Waals surface area contributed by atoms with Crippen LogP contribution in [0.1, 0.15) is 5.56 Å². The highest BCUT2D eigenvalue weighted by atomic mass is 79.9. The zero-order chi connectivity index (χ0) is 19.8. The van der Waals surface area contributed by atoms with Crippen LogP contribution in [0.3, 0.4) is 0 Å². The third-order valence-electron chi connectivity index (χ3n) is 4.94. The van der Waals surface area contributed by atoms with Crippen molar-refractivity contribution in [1.82, 2.24) is 29.5 Å². The molecule has 1 fully saturated rings. The van der Waals surface area contributed by atoms with Gasteiger partial charge in [-0.05, 0) is 29.8 Å². The maximum Gasteiger partial charge on any atom is 0.259 e. The molecular formula is C19H19BrN8O. The lowest BCUT2D eigenvalue weighted by Crippen LogP contribution is -2.46. The predicted molar refractivity (Wildman–Crippen MR) is 112 cm³/mol. The molecule has 148 valence electrons. The molecule has 0 radical (unpaired) electrons. The van der Waals surface area contributed by atoms with E-state index in [-0.39, 0.29) is 5.95 Å². The molecule has 0 atom stereocenters. The first-order valence-corrected chi connectivity index (χ1v) is 10.1. The summed E-state index contributed by atoms with van der Waals surface area (Å²) in [6.07, 6.45) is 1.58. The lowest BCUT2D eigenvalue weighted by molar-refractivity contribution is 0.248. The summed E-state index contributed by atoms with van der Waals surface area (Å²) >= 11 is 3.48. The summed E-state index contributed by atoms with van der Waals surface area (Å²) in [6, 6.07) is 12.0. The monoisotopic (exact) mass is 454 g/mol. The van der Waals surface area contributed by atoms with E-state index in [1.807, 2.05) is 0 Å². The largest absolute Gasteiger partial charge is 0.461 e. The van der Waals surface area contributed by atoms with Crippen LogP contribution in [-0.2, 0) is 6.54 Å². The Morgan fingerprint density at radius 2 is 1.79 bits per heavy atom. The van der Waals surface area contributed by atoms with Gasteiger partial charge in [0, 0.05) is 37.2 Å². The van der Waals surface area contributed by atoms with Gasteiger partial charge in [-0.1, -0.05) is 28.1 Å². The first-order chi connectivity index (χ1) is 14.2. The van der Waals surface area contributed by atoms with Gasteiger partial charge in [-0.15, -0.1) is 5.10 Å². The molecule has 1 aliphatic rings. The van der Waals surface area contributed by atoms with Gasteiger partial charge in [0.15, 0.2) is 5.76 Å². The molecule has 0 bridgehead atoms. The Balaban J connectivity index is 1.30. The molecule has 0 amide bonds. The second-order valence-corrected chi connectivity index (χ2v) is 7.81. The molecule has 0 spiro atoms. The minimum Gasteiger partial charge on any atom is -0.461 e. The highest BCUT2D eigenvalue weighted by molar-refractivity contribution is 9.10. The number of hydrogen-bond donors (Lipinski definition) is 1. The molecule has 0 aliphatic carbocycles. The van der Waals surface area contributed by atoms with Crippen LogP contribution in [0, 0.1) is 0 Å². The van der Waals surface area contributed by atoms with Gasteiger partial charge in [-0.25, -0.2) is 0 Å². The van der Waals surface area contributed by atoms with Crippen LogP contribution >= 0.6 is 15.9 Å². The van der Waals surface area contributed by atoms with E-state index in [0.717, 1.165) is 37.2 Å². The van der Waals surface area contributed by atoms with Crippen LogP contribution in [0.15, 0.2) is 51.6 Å². The molecule has 3 aromatic heterocycles. The molecule has 5 rings (SSSR count). The first-order valence-electron chi connectivity index (χ1n) is 9.31. The number of piperazine rings is 1. The minimum absolute atomic E-state index is 0.257. The number of rotatable bonds is 4. The number of nitrogens with two attached hydrogens (primary N) is 1. The summed E-state index contributed by atoms with van der Waals surface area (Å²) in [6.45, 7) is 4.43. The van der Waals surface area contributed by atoms with Crippen molar-refractivity contribution in [3.8, 4) is 11.6 Å². The zero-order valence-corrected chi connectivity index (χ0v) is 17.2. The summed E-state index contributed by atoms with van der Waals surface area (Å²) in [4.78, 5) is 18.0. The Bertz CT molecular complexity index is 1120. The molecule has 10 heteroatoms. The topological polar surface area (TPSA) is 102 Å². The number of nitrogens with zero attached hydrogens (tertiary/aromatic N) is 7. The van der Waals surface area contributed by atoms with E-state index in [1.165, 1.54) is 10.1 Å². The van der Waals surface area contributed by atoms with Crippen molar-refractivity contribution in [2.45, 2.75) is 6.54 Å². The average Bonchev–Trinajstić information content (AvgIpc) is 3.40. The Morgan fingerprint density at radius 1 is 1.00 bits per heavy atom. The SMILES string of the molecule is Nc1nc(N2CCN(Cc3ccc(Br)cc3)CC2)nc2nc(-c3ccco3)nn12. The molecule has 9 nitrogen and oxygen atoms in total. The van der Waals surface area contributed by atoms with Crippen LogP contribution in [0.25, 0.3) is 17.4 Å². The predicted octanol–water partition coefficient (Wildman–Crippen LogP) is 2.45. The van der Waals surface area contributed by atoms with E-state index in [4.69, 9.17) is 10.2 Å². The van der Waals surface area contributed by atoms with E-state index in [9.17, 15) is 0 Å². The van der Waals surface area contributed by atoms with Crippen LogP contribution in [0.2, 0.25) is 0 Å². The Kier molecular flexibility index (Phi) is 4.64. The standard InChI is InChI=1S/C19H19BrN8O/c20-14-5-3-13(4-6-14)12-26-7-9-27(10-8-26)18-23-17(21)28-19(24-18)22-16(25-28)15-2-1-11-29-15/h1-6,11H,7-10,12H2,(H2,21,22,23,24,25). The van der Waals surface area contributed by atoms with Crippen molar-refractivity contribution < 1.29 is 4.42 Å². The van der Waals surface area contributed by atoms with Gasteiger partial charge in [0.25, 0.3) is 5.78 Å². The maximum atomic E-state index is 6.11. The maximum absolute atomic E-state index is 6.11. The van der Waals surface area contributed by atoms with Gasteiger partial charge in [-0.2, -0.15) is 19.5 Å². The zero-order valence-electron chi connectivity index (χ0n) is 15.6. The smallest absolute Gasteiger partial charge is 0.259 e. The van der Waals surface area contributed by atoms with Crippen molar-refractivity contribution in [3.63, 3.8) is 0 Å². The van der Waals surface area contributed by atoms with E-state index in [0.29, 0.717) is 23.3 Å². The van der Waals surface area contributed by atoms with E-state index in [1.54, 1.807) is 18.4 Å². The number of aromatic nitrogens is 5. The number of nitrogen functional groups attached to an aromatic ring is 1. The molecule has 1 aliphatic heterocycles.